The summed E-state index contributed by atoms with van der Waals surface area (Å²) in [6, 6.07) is 0. The van der Waals surface area contributed by atoms with Crippen LogP contribution in [0.15, 0.2) is 0 Å². The molecule has 0 saturated carbocycles. The number of carbonyl (C=O) groups is 4. The smallest absolute Gasteiger partial charge is 0.462 e. The number of phosphoric acid groups is 2. The summed E-state index contributed by atoms with van der Waals surface area (Å²) in [5, 5.41) is 10.6. The van der Waals surface area contributed by atoms with Crippen LogP contribution in [0.4, 0.5) is 0 Å². The summed E-state index contributed by atoms with van der Waals surface area (Å²) in [7, 11) is -9.91. The van der Waals surface area contributed by atoms with Crippen molar-refractivity contribution in [1.29, 1.82) is 0 Å². The number of aliphatic hydroxyl groups excluding tert-OH is 1. The van der Waals surface area contributed by atoms with Gasteiger partial charge in [0.2, 0.25) is 0 Å². The largest absolute Gasteiger partial charge is 0.472 e. The fraction of sp³-hybridized carbons (Fsp3) is 0.948. The van der Waals surface area contributed by atoms with Gasteiger partial charge in [-0.1, -0.05) is 350 Å². The van der Waals surface area contributed by atoms with Crippen LogP contribution in [0.25, 0.3) is 0 Å². The van der Waals surface area contributed by atoms with Crippen molar-refractivity contribution in [2.75, 3.05) is 39.6 Å². The lowest BCUT2D eigenvalue weighted by molar-refractivity contribution is -0.161. The fourth-order valence-electron chi connectivity index (χ4n) is 11.8. The third-order valence-corrected chi connectivity index (χ3v) is 19.9. The van der Waals surface area contributed by atoms with E-state index in [0.29, 0.717) is 25.7 Å². The Labute approximate surface area is 588 Å². The number of hydrogen-bond donors (Lipinski definition) is 3. The molecule has 0 saturated heterocycles. The molecule has 2 unspecified atom stereocenters. The molecule has 0 aromatic carbocycles. The van der Waals surface area contributed by atoms with E-state index in [2.05, 4.69) is 41.5 Å². The number of esters is 4. The minimum atomic E-state index is -4.96. The summed E-state index contributed by atoms with van der Waals surface area (Å²) in [5.41, 5.74) is 0. The molecule has 5 atom stereocenters. The molecule has 0 rings (SSSR count). The zero-order valence-corrected chi connectivity index (χ0v) is 64.5. The average molecular weight is 1410 g/mol. The van der Waals surface area contributed by atoms with Gasteiger partial charge in [-0.3, -0.25) is 37.3 Å². The third-order valence-electron chi connectivity index (χ3n) is 18.0. The first-order valence-electron chi connectivity index (χ1n) is 40.0. The van der Waals surface area contributed by atoms with Crippen LogP contribution in [0, 0.1) is 11.8 Å². The van der Waals surface area contributed by atoms with Crippen LogP contribution in [-0.2, 0) is 65.4 Å². The molecule has 570 valence electrons. The van der Waals surface area contributed by atoms with Gasteiger partial charge in [0.05, 0.1) is 26.4 Å². The Balaban J connectivity index is 5.24. The first kappa shape index (κ1) is 94.1. The summed E-state index contributed by atoms with van der Waals surface area (Å²) in [6.45, 7) is 9.55. The van der Waals surface area contributed by atoms with Crippen molar-refractivity contribution in [2.45, 2.75) is 419 Å². The van der Waals surface area contributed by atoms with E-state index >= 15 is 0 Å². The van der Waals surface area contributed by atoms with Gasteiger partial charge in [0.1, 0.15) is 19.3 Å². The molecule has 96 heavy (non-hydrogen) atoms. The average Bonchev–Trinajstić information content (AvgIpc) is 1.29. The Morgan fingerprint density at radius 1 is 0.281 bits per heavy atom. The summed E-state index contributed by atoms with van der Waals surface area (Å²) in [6.07, 6.45) is 56.9. The highest BCUT2D eigenvalue weighted by Gasteiger charge is 2.30. The van der Waals surface area contributed by atoms with E-state index in [1.54, 1.807) is 0 Å². The number of unbranched alkanes of at least 4 members (excludes halogenated alkanes) is 46. The molecule has 19 heteroatoms. The van der Waals surface area contributed by atoms with Gasteiger partial charge < -0.3 is 33.8 Å². The molecule has 0 amide bonds. The van der Waals surface area contributed by atoms with Gasteiger partial charge in [-0.25, -0.2) is 9.13 Å². The molecule has 17 nitrogen and oxygen atoms in total. The second kappa shape index (κ2) is 68.8. The van der Waals surface area contributed by atoms with Gasteiger partial charge >= 0.3 is 39.5 Å². The van der Waals surface area contributed by atoms with Crippen LogP contribution in [0.2, 0.25) is 0 Å². The number of ether oxygens (including phenoxy) is 4. The highest BCUT2D eigenvalue weighted by atomic mass is 31.2. The number of phosphoric ester groups is 2. The summed E-state index contributed by atoms with van der Waals surface area (Å²) in [5.74, 6) is -0.652. The predicted octanol–water partition coefficient (Wildman–Crippen LogP) is 22.7. The minimum Gasteiger partial charge on any atom is -0.462 e. The van der Waals surface area contributed by atoms with Crippen molar-refractivity contribution in [3.8, 4) is 0 Å². The topological polar surface area (TPSA) is 237 Å². The van der Waals surface area contributed by atoms with Gasteiger partial charge in [-0.05, 0) is 37.5 Å². The highest BCUT2D eigenvalue weighted by Crippen LogP contribution is 2.45. The SMILES string of the molecule is CCCCCCCCCCCCCCCCCCCCCC(=O)O[C@H](COC(=O)CCCCCCCCCCCCCCCC)COP(=O)(O)OC[C@@H](O)COP(=O)(O)OC[C@@H](COC(=O)CCCCCCCCCCC(C)C)OC(=O)CCCCCCCCCCCC(C)C. The normalized spacial score (nSPS) is 14.0. The standard InChI is InChI=1S/C77H150O17P2/c1-7-9-11-13-15-17-19-21-23-24-25-26-27-29-31-35-43-49-55-61-76(81)93-72(65-87-74(79)59-53-47-41-34-30-28-22-20-18-16-14-12-10-8-2)67-91-95(83,84)89-63-71(78)64-90-96(85,86)92-68-73(66-88-75(80)60-54-48-42-38-37-40-46-52-58-70(5)6)94-77(82)62-56-50-44-36-32-33-39-45-51-57-69(3)4/h69-73,78H,7-68H2,1-6H3,(H,83,84)(H,85,86)/t71-,72-,73-/m1/s1. The Hall–Kier alpha value is -1.94. The van der Waals surface area contributed by atoms with Crippen LogP contribution in [0.1, 0.15) is 401 Å². The molecule has 0 heterocycles. The number of rotatable bonds is 76. The lowest BCUT2D eigenvalue weighted by atomic mass is 10.0. The second-order valence-corrected chi connectivity index (χ2v) is 31.6. The van der Waals surface area contributed by atoms with Crippen molar-refractivity contribution >= 4 is 39.5 Å². The van der Waals surface area contributed by atoms with Crippen molar-refractivity contribution in [1.82, 2.24) is 0 Å². The maximum absolute atomic E-state index is 13.1. The molecule has 0 aromatic heterocycles. The molecule has 0 aromatic rings. The Bertz CT molecular complexity index is 1860. The Morgan fingerprint density at radius 3 is 0.708 bits per heavy atom. The monoisotopic (exact) mass is 1410 g/mol. The van der Waals surface area contributed by atoms with E-state index < -0.39 is 97.5 Å². The van der Waals surface area contributed by atoms with Crippen molar-refractivity contribution in [2.24, 2.45) is 11.8 Å². The molecule has 0 aliphatic rings. The Morgan fingerprint density at radius 2 is 0.479 bits per heavy atom. The molecule has 0 aliphatic carbocycles. The maximum atomic E-state index is 13.1. The first-order chi connectivity index (χ1) is 46.4. The second-order valence-electron chi connectivity index (χ2n) is 28.7. The molecular weight excluding hydrogens is 1260 g/mol. The maximum Gasteiger partial charge on any atom is 0.472 e. The molecule has 3 N–H and O–H groups in total. The number of hydrogen-bond acceptors (Lipinski definition) is 15. The number of aliphatic hydroxyl groups is 1. The highest BCUT2D eigenvalue weighted by molar-refractivity contribution is 7.47. The molecule has 0 spiro atoms. The summed E-state index contributed by atoms with van der Waals surface area (Å²) in [4.78, 5) is 72.8. The van der Waals surface area contributed by atoms with Gasteiger partial charge in [0.15, 0.2) is 12.2 Å². The third kappa shape index (κ3) is 70.5. The zero-order chi connectivity index (χ0) is 70.7. The van der Waals surface area contributed by atoms with Gasteiger partial charge in [-0.15, -0.1) is 0 Å². The van der Waals surface area contributed by atoms with Gasteiger partial charge in [0.25, 0.3) is 0 Å². The lowest BCUT2D eigenvalue weighted by Crippen LogP contribution is -2.30. The van der Waals surface area contributed by atoms with Crippen molar-refractivity contribution in [3.05, 3.63) is 0 Å². The van der Waals surface area contributed by atoms with Crippen LogP contribution >= 0.6 is 15.6 Å². The van der Waals surface area contributed by atoms with Crippen molar-refractivity contribution < 1.29 is 80.2 Å². The quantitative estimate of drug-likeness (QED) is 0.0222. The fourth-order valence-corrected chi connectivity index (χ4v) is 13.4. The molecule has 0 radical (unpaired) electrons. The molecular formula is C77H150O17P2. The van der Waals surface area contributed by atoms with E-state index in [-0.39, 0.29) is 25.7 Å². The van der Waals surface area contributed by atoms with Crippen molar-refractivity contribution in [3.63, 3.8) is 0 Å². The molecule has 0 aliphatic heterocycles. The van der Waals surface area contributed by atoms with E-state index in [0.717, 1.165) is 102 Å². The molecule has 0 fully saturated rings. The van der Waals surface area contributed by atoms with Gasteiger partial charge in [0, 0.05) is 25.7 Å². The Kier molecular flexibility index (Phi) is 67.4. The van der Waals surface area contributed by atoms with Gasteiger partial charge in [-0.2, -0.15) is 0 Å². The minimum absolute atomic E-state index is 0.105. The number of carbonyl (C=O) groups excluding carboxylic acids is 4. The van der Waals surface area contributed by atoms with Crippen LogP contribution in [-0.4, -0.2) is 96.7 Å². The zero-order valence-electron chi connectivity index (χ0n) is 62.7. The van der Waals surface area contributed by atoms with Crippen LogP contribution in [0.3, 0.4) is 0 Å². The summed E-state index contributed by atoms with van der Waals surface area (Å²) >= 11 is 0. The van der Waals surface area contributed by atoms with E-state index in [1.807, 2.05) is 0 Å². The summed E-state index contributed by atoms with van der Waals surface area (Å²) < 4.78 is 68.6. The van der Waals surface area contributed by atoms with Crippen LogP contribution < -0.4 is 0 Å². The van der Waals surface area contributed by atoms with Crippen LogP contribution in [0.5, 0.6) is 0 Å². The molecule has 0 bridgehead atoms. The first-order valence-corrected chi connectivity index (χ1v) is 43.0. The van der Waals surface area contributed by atoms with E-state index in [4.69, 9.17) is 37.0 Å². The van der Waals surface area contributed by atoms with E-state index in [1.165, 1.54) is 218 Å². The lowest BCUT2D eigenvalue weighted by Gasteiger charge is -2.21. The predicted molar refractivity (Wildman–Crippen MR) is 391 cm³/mol. The van der Waals surface area contributed by atoms with E-state index in [9.17, 15) is 43.2 Å².